The molecule has 0 bridgehead atoms. The lowest BCUT2D eigenvalue weighted by atomic mass is 9.73. The Hall–Kier alpha value is -6.94. The molecule has 9 aromatic rings. The van der Waals surface area contributed by atoms with Crippen molar-refractivity contribution in [1.29, 1.82) is 0 Å². The molecule has 0 saturated carbocycles. The first kappa shape index (κ1) is 37.8. The van der Waals surface area contributed by atoms with Gasteiger partial charge in [0.05, 0.1) is 17.1 Å². The predicted molar refractivity (Wildman–Crippen MR) is 273 cm³/mol. The van der Waals surface area contributed by atoms with E-state index in [1.165, 1.54) is 111 Å². The molecule has 63 heavy (non-hydrogen) atoms. The van der Waals surface area contributed by atoms with E-state index in [4.69, 9.17) is 0 Å². The normalized spacial score (nSPS) is 16.0. The molecule has 9 aromatic carbocycles. The van der Waals surface area contributed by atoms with Gasteiger partial charge in [-0.2, -0.15) is 0 Å². The van der Waals surface area contributed by atoms with E-state index in [9.17, 15) is 0 Å². The van der Waals surface area contributed by atoms with Crippen LogP contribution >= 0.6 is 0 Å². The van der Waals surface area contributed by atoms with Gasteiger partial charge in [0.25, 0.3) is 0 Å². The first-order chi connectivity index (χ1) is 30.5. The van der Waals surface area contributed by atoms with E-state index in [-0.39, 0.29) is 10.8 Å². The van der Waals surface area contributed by atoms with Gasteiger partial charge >= 0.3 is 0 Å². The van der Waals surface area contributed by atoms with Gasteiger partial charge in [-0.25, -0.2) is 0 Å². The van der Waals surface area contributed by atoms with Crippen LogP contribution < -0.4 is 20.2 Å². The second-order valence-corrected chi connectivity index (χ2v) is 23.7. The average Bonchev–Trinajstić information content (AvgIpc) is 3.53. The van der Waals surface area contributed by atoms with E-state index in [1.807, 2.05) is 0 Å². The van der Waals surface area contributed by atoms with Gasteiger partial charge in [0.15, 0.2) is 0 Å². The van der Waals surface area contributed by atoms with Crippen LogP contribution in [-0.4, -0.2) is 8.07 Å². The SMILES string of the molecule is CC1(C)c2cc(C=Cc3c4ccccc4c(N4c5ccccc5[Si](C)(C)c5ccccc54)c4ccccc34)ccc2-c2ccc(N3c4ccccc4C(C)(C)c4ccccc43)cc21. The fourth-order valence-electron chi connectivity index (χ4n) is 11.6. The molecular weight excluding hydrogens is 777 g/mol. The second-order valence-electron chi connectivity index (χ2n) is 19.3. The summed E-state index contributed by atoms with van der Waals surface area (Å²) in [4.78, 5) is 5.05. The topological polar surface area (TPSA) is 6.48 Å². The predicted octanol–water partition coefficient (Wildman–Crippen LogP) is 15.2. The van der Waals surface area contributed by atoms with Crippen LogP contribution in [-0.2, 0) is 10.8 Å². The molecule has 0 radical (unpaired) electrons. The standard InChI is InChI=1S/C60H50N2Si/c1-59(2)48-23-11-13-25-52(48)61(53-26-14-12-24-49(53)59)40-33-36-45-44-35-32-39(37-50(44)60(3,4)51(45)38-40)31-34-43-41-19-7-9-21-46(41)58(47-22-10-8-20-42(43)47)62-54-27-15-17-29-56(54)63(5,6)57-30-18-16-28-55(57)62/h7-38H,1-6H3. The molecule has 1 aliphatic carbocycles. The molecule has 0 fully saturated rings. The summed E-state index contributed by atoms with van der Waals surface area (Å²) in [5.74, 6) is 0. The fraction of sp³-hybridized carbons (Fsp3) is 0.133. The molecule has 0 amide bonds. The van der Waals surface area contributed by atoms with Crippen molar-refractivity contribution >= 4 is 86.3 Å². The minimum absolute atomic E-state index is 0.0923. The summed E-state index contributed by atoms with van der Waals surface area (Å²) in [5, 5.41) is 7.97. The van der Waals surface area contributed by atoms with E-state index >= 15 is 0 Å². The zero-order valence-corrected chi connectivity index (χ0v) is 37.9. The summed E-state index contributed by atoms with van der Waals surface area (Å²) in [6.07, 6.45) is 4.70. The maximum atomic E-state index is 2.57. The second kappa shape index (κ2) is 13.5. The monoisotopic (exact) mass is 826 g/mol. The molecule has 12 rings (SSSR count). The Kier molecular flexibility index (Phi) is 8.11. The van der Waals surface area contributed by atoms with Crippen molar-refractivity contribution in [2.24, 2.45) is 0 Å². The molecule has 0 aromatic heterocycles. The number of hydrogen-bond acceptors (Lipinski definition) is 2. The first-order valence-electron chi connectivity index (χ1n) is 22.4. The number of anilines is 6. The van der Waals surface area contributed by atoms with Crippen molar-refractivity contribution in [1.82, 2.24) is 0 Å². The largest absolute Gasteiger partial charge is 0.310 e. The summed E-state index contributed by atoms with van der Waals surface area (Å²) < 4.78 is 0. The van der Waals surface area contributed by atoms with Crippen LogP contribution in [0.15, 0.2) is 182 Å². The Morgan fingerprint density at radius 1 is 0.397 bits per heavy atom. The molecule has 0 saturated heterocycles. The highest BCUT2D eigenvalue weighted by Crippen LogP contribution is 2.55. The molecule has 3 heteroatoms. The van der Waals surface area contributed by atoms with Crippen LogP contribution in [0.1, 0.15) is 61.1 Å². The number of rotatable bonds is 4. The van der Waals surface area contributed by atoms with Gasteiger partial charge in [0, 0.05) is 38.7 Å². The van der Waals surface area contributed by atoms with Gasteiger partial charge < -0.3 is 9.80 Å². The Morgan fingerprint density at radius 3 is 1.41 bits per heavy atom. The Bertz CT molecular complexity index is 3250. The zero-order valence-electron chi connectivity index (χ0n) is 36.9. The maximum Gasteiger partial charge on any atom is 0.117 e. The molecule has 2 heterocycles. The average molecular weight is 827 g/mol. The van der Waals surface area contributed by atoms with Crippen LogP contribution in [0.2, 0.25) is 13.1 Å². The summed E-state index contributed by atoms with van der Waals surface area (Å²) in [6.45, 7) is 14.5. The lowest BCUT2D eigenvalue weighted by Gasteiger charge is -2.42. The van der Waals surface area contributed by atoms with Crippen molar-refractivity contribution in [3.63, 3.8) is 0 Å². The summed E-state index contributed by atoms with van der Waals surface area (Å²) >= 11 is 0. The van der Waals surface area contributed by atoms with E-state index in [1.54, 1.807) is 0 Å². The highest BCUT2D eigenvalue weighted by Gasteiger charge is 2.41. The molecule has 0 unspecified atom stereocenters. The number of para-hydroxylation sites is 4. The molecule has 3 aliphatic rings. The minimum Gasteiger partial charge on any atom is -0.310 e. The number of benzene rings is 9. The summed E-state index contributed by atoms with van der Waals surface area (Å²) in [5.41, 5.74) is 17.8. The molecular formula is C60H50N2Si. The van der Waals surface area contributed by atoms with Crippen LogP contribution in [0.5, 0.6) is 0 Å². The molecule has 0 spiro atoms. The van der Waals surface area contributed by atoms with Gasteiger partial charge in [0.1, 0.15) is 8.07 Å². The number of fused-ring (bicyclic) bond motifs is 9. The Morgan fingerprint density at radius 2 is 0.841 bits per heavy atom. The smallest absolute Gasteiger partial charge is 0.117 e. The third-order valence-electron chi connectivity index (χ3n) is 14.8. The maximum absolute atomic E-state index is 2.57. The van der Waals surface area contributed by atoms with E-state index in [0.29, 0.717) is 0 Å². The molecule has 0 N–H and O–H groups in total. The Labute approximate surface area is 372 Å². The van der Waals surface area contributed by atoms with Crippen molar-refractivity contribution < 1.29 is 0 Å². The van der Waals surface area contributed by atoms with Crippen LogP contribution in [0.3, 0.4) is 0 Å². The zero-order chi connectivity index (χ0) is 42.8. The van der Waals surface area contributed by atoms with Crippen molar-refractivity contribution in [3.8, 4) is 11.1 Å². The molecule has 2 nitrogen and oxygen atoms in total. The lowest BCUT2D eigenvalue weighted by Crippen LogP contribution is -2.58. The van der Waals surface area contributed by atoms with Gasteiger partial charge in [-0.1, -0.05) is 199 Å². The van der Waals surface area contributed by atoms with Crippen LogP contribution in [0, 0.1) is 0 Å². The number of hydrogen-bond donors (Lipinski definition) is 0. The van der Waals surface area contributed by atoms with Crippen molar-refractivity contribution in [3.05, 3.63) is 215 Å². The number of nitrogens with zero attached hydrogens (tertiary/aromatic N) is 2. The molecule has 2 aliphatic heterocycles. The summed E-state index contributed by atoms with van der Waals surface area (Å²) in [6, 6.07) is 68.4. The van der Waals surface area contributed by atoms with Crippen LogP contribution in [0.4, 0.5) is 34.1 Å². The van der Waals surface area contributed by atoms with Gasteiger partial charge in [-0.3, -0.25) is 0 Å². The lowest BCUT2D eigenvalue weighted by molar-refractivity contribution is 0.631. The van der Waals surface area contributed by atoms with E-state index in [0.717, 1.165) is 0 Å². The quantitative estimate of drug-likeness (QED) is 0.0991. The van der Waals surface area contributed by atoms with Gasteiger partial charge in [-0.05, 0) is 102 Å². The van der Waals surface area contributed by atoms with Crippen LogP contribution in [0.25, 0.3) is 44.8 Å². The highest BCUT2D eigenvalue weighted by molar-refractivity contribution is 7.02. The first-order valence-corrected chi connectivity index (χ1v) is 25.4. The highest BCUT2D eigenvalue weighted by atomic mass is 28.3. The Balaban J connectivity index is 0.959. The van der Waals surface area contributed by atoms with Crippen molar-refractivity contribution in [2.45, 2.75) is 51.6 Å². The third-order valence-corrected chi connectivity index (χ3v) is 18.4. The third kappa shape index (κ3) is 5.36. The minimum atomic E-state index is -1.94. The van der Waals surface area contributed by atoms with E-state index in [2.05, 4.69) is 245 Å². The van der Waals surface area contributed by atoms with E-state index < -0.39 is 8.07 Å². The van der Waals surface area contributed by atoms with Gasteiger partial charge in [0.2, 0.25) is 0 Å². The molecule has 0 atom stereocenters. The summed E-state index contributed by atoms with van der Waals surface area (Å²) in [7, 11) is -1.94. The van der Waals surface area contributed by atoms with Crippen molar-refractivity contribution in [2.75, 3.05) is 9.80 Å². The molecule has 304 valence electrons. The fourth-order valence-corrected chi connectivity index (χ4v) is 14.6. The van der Waals surface area contributed by atoms with Gasteiger partial charge in [-0.15, -0.1) is 0 Å².